The molecule has 2 fully saturated rings. The van der Waals surface area contributed by atoms with Crippen LogP contribution in [0.1, 0.15) is 16.7 Å². The Kier molecular flexibility index (Phi) is 8.78. The Labute approximate surface area is 240 Å². The zero-order chi connectivity index (χ0) is 24.9. The number of nitrogens with zero attached hydrogens (tertiary/aromatic N) is 2. The van der Waals surface area contributed by atoms with E-state index in [4.69, 9.17) is 0 Å². The summed E-state index contributed by atoms with van der Waals surface area (Å²) in [5.74, 6) is 14.2. The smallest absolute Gasteiger partial charge is 0.172 e. The first kappa shape index (κ1) is 26.5. The van der Waals surface area contributed by atoms with E-state index in [0.29, 0.717) is 0 Å². The fourth-order valence-electron chi connectivity index (χ4n) is 4.28. The van der Waals surface area contributed by atoms with E-state index in [1.807, 2.05) is 69.9 Å². The van der Waals surface area contributed by atoms with Gasteiger partial charge in [0, 0.05) is 5.56 Å². The van der Waals surface area contributed by atoms with Crippen LogP contribution in [0.4, 0.5) is 0 Å². The molecule has 2 nitrogen and oxygen atoms in total. The van der Waals surface area contributed by atoms with Crippen LogP contribution < -0.4 is 0 Å². The van der Waals surface area contributed by atoms with Crippen LogP contribution in [0.5, 0.6) is 0 Å². The van der Waals surface area contributed by atoms with Crippen molar-refractivity contribution in [1.82, 2.24) is 8.75 Å². The molecule has 0 amide bonds. The van der Waals surface area contributed by atoms with Gasteiger partial charge in [-0.3, -0.25) is 0 Å². The van der Waals surface area contributed by atoms with Crippen LogP contribution in [0.15, 0.2) is 66.7 Å². The number of fused-ring (bicyclic) bond motifs is 4. The van der Waals surface area contributed by atoms with Gasteiger partial charge in [0.1, 0.15) is 11.0 Å². The van der Waals surface area contributed by atoms with E-state index in [2.05, 4.69) is 87.0 Å². The maximum absolute atomic E-state index is 4.51. The maximum Gasteiger partial charge on any atom is 2.00 e. The summed E-state index contributed by atoms with van der Waals surface area (Å²) in [6, 6.07) is 23.0. The molecule has 0 unspecified atom stereocenters. The fraction of sp³-hybridized carbons (Fsp3) is 0. The number of benzene rings is 4. The average molecular weight is 544 g/mol. The second kappa shape index (κ2) is 12.6. The van der Waals surface area contributed by atoms with E-state index < -0.39 is 0 Å². The molecule has 2 saturated carbocycles. The van der Waals surface area contributed by atoms with Crippen molar-refractivity contribution in [2.24, 2.45) is 0 Å². The monoisotopic (exact) mass is 544 g/mol. The fourth-order valence-corrected chi connectivity index (χ4v) is 4.85. The predicted molar refractivity (Wildman–Crippen MR) is 154 cm³/mol. The van der Waals surface area contributed by atoms with Crippen molar-refractivity contribution in [2.45, 2.75) is 0 Å². The third kappa shape index (κ3) is 5.80. The summed E-state index contributed by atoms with van der Waals surface area (Å²) in [5, 5.41) is 4.80. The second-order valence-corrected chi connectivity index (χ2v) is 8.98. The van der Waals surface area contributed by atoms with Gasteiger partial charge in [-0.15, -0.1) is 0 Å². The number of aromatic nitrogens is 2. The quantitative estimate of drug-likeness (QED) is 0.117. The van der Waals surface area contributed by atoms with Crippen molar-refractivity contribution in [3.05, 3.63) is 147 Å². The Morgan fingerprint density at radius 2 is 1.03 bits per heavy atom. The van der Waals surface area contributed by atoms with Crippen molar-refractivity contribution in [2.75, 3.05) is 0 Å². The van der Waals surface area contributed by atoms with Gasteiger partial charge in [0.05, 0.1) is 28.8 Å². The molecule has 0 aliphatic heterocycles. The van der Waals surface area contributed by atoms with Gasteiger partial charge in [-0.25, -0.2) is 0 Å². The van der Waals surface area contributed by atoms with Crippen molar-refractivity contribution >= 4 is 44.3 Å². The van der Waals surface area contributed by atoms with E-state index in [1.165, 1.54) is 27.9 Å². The first-order chi connectivity index (χ1) is 18.4. The van der Waals surface area contributed by atoms with Gasteiger partial charge in [0.25, 0.3) is 0 Å². The SMILES string of the molecule is C(#Cc1ccc(C#Cc2cc3ccccc3c3ccccc23)c2nsnc12)[C]1[CH][CH][CH][CH]1.[CH]1[CH][CH][CH][CH]1.[Fe+2]. The van der Waals surface area contributed by atoms with E-state index in [-0.39, 0.29) is 17.1 Å². The topological polar surface area (TPSA) is 25.8 Å². The van der Waals surface area contributed by atoms with Crippen LogP contribution in [0, 0.1) is 87.4 Å². The summed E-state index contributed by atoms with van der Waals surface area (Å²) < 4.78 is 8.99. The van der Waals surface area contributed by atoms with Gasteiger partial charge in [0.15, 0.2) is 0 Å². The zero-order valence-corrected chi connectivity index (χ0v) is 22.1. The molecule has 0 atom stereocenters. The Hall–Kier alpha value is -3.14. The Balaban J connectivity index is 0.000000442. The third-order valence-corrected chi connectivity index (χ3v) is 6.60. The average Bonchev–Trinajstić information content (AvgIpc) is 3.75. The number of hydrogen-bond acceptors (Lipinski definition) is 3. The molecule has 7 rings (SSSR count). The minimum atomic E-state index is 0. The van der Waals surface area contributed by atoms with E-state index in [0.717, 1.165) is 39.0 Å². The number of rotatable bonds is 0. The molecule has 178 valence electrons. The molecule has 0 saturated heterocycles. The molecule has 5 aromatic rings. The van der Waals surface area contributed by atoms with Crippen LogP contribution in [0.2, 0.25) is 0 Å². The molecule has 0 N–H and O–H groups in total. The molecule has 1 aromatic heterocycles. The molecule has 4 heteroatoms. The molecule has 0 bridgehead atoms. The Morgan fingerprint density at radius 3 is 1.68 bits per heavy atom. The summed E-state index contributed by atoms with van der Waals surface area (Å²) >= 11 is 1.20. The van der Waals surface area contributed by atoms with Crippen molar-refractivity contribution in [1.29, 1.82) is 0 Å². The van der Waals surface area contributed by atoms with Gasteiger partial charge in [0.2, 0.25) is 0 Å². The molecule has 1 heterocycles. The molecule has 4 aromatic carbocycles. The van der Waals surface area contributed by atoms with Gasteiger partial charge in [-0.1, -0.05) is 72.2 Å². The molecule has 2 aliphatic carbocycles. The zero-order valence-electron chi connectivity index (χ0n) is 20.2. The summed E-state index contributed by atoms with van der Waals surface area (Å²) in [7, 11) is 0. The summed E-state index contributed by atoms with van der Waals surface area (Å²) in [4.78, 5) is 0. The normalized spacial score (nSPS) is 14.7. The van der Waals surface area contributed by atoms with Gasteiger partial charge < -0.3 is 0 Å². The van der Waals surface area contributed by atoms with E-state index >= 15 is 0 Å². The second-order valence-electron chi connectivity index (χ2n) is 8.45. The Morgan fingerprint density at radius 1 is 0.500 bits per heavy atom. The Bertz CT molecular complexity index is 1680. The van der Waals surface area contributed by atoms with E-state index in [1.54, 1.807) is 0 Å². The van der Waals surface area contributed by atoms with Gasteiger partial charge in [-0.05, 0) is 97.5 Å². The van der Waals surface area contributed by atoms with Gasteiger partial charge >= 0.3 is 17.1 Å². The molecule has 2 aliphatic rings. The van der Waals surface area contributed by atoms with Gasteiger partial charge in [-0.2, -0.15) is 8.75 Å². The standard InChI is InChI=1S/C29H15N2S.C5H5.Fe/c1-2-8-20(7-1)13-14-21-15-16-22(29-28(21)30-32-31-29)17-18-24-19-23-9-3-4-10-25(23)27-12-6-5-11-26(24)27;1-2-4-5-3-1;/h1-12,15-16,19H;1-5H;/q;;+2. The molecule has 0 spiro atoms. The van der Waals surface area contributed by atoms with Crippen LogP contribution in [0.25, 0.3) is 32.6 Å². The number of hydrogen-bond donors (Lipinski definition) is 0. The largest absolute Gasteiger partial charge is 2.00 e. The predicted octanol–water partition coefficient (Wildman–Crippen LogP) is 7.17. The maximum atomic E-state index is 4.51. The summed E-state index contributed by atoms with van der Waals surface area (Å²) in [6.07, 6.45) is 18.0. The van der Waals surface area contributed by atoms with Crippen molar-refractivity contribution in [3.8, 4) is 23.7 Å². The molecular weight excluding hydrogens is 524 g/mol. The van der Waals surface area contributed by atoms with Crippen LogP contribution in [-0.2, 0) is 17.1 Å². The first-order valence-electron chi connectivity index (χ1n) is 11.9. The van der Waals surface area contributed by atoms with Crippen LogP contribution in [-0.4, -0.2) is 8.75 Å². The third-order valence-electron chi connectivity index (χ3n) is 6.08. The molecular formula is C34H20FeN2S+2. The minimum Gasteiger partial charge on any atom is -0.172 e. The summed E-state index contributed by atoms with van der Waals surface area (Å²) in [5.41, 5.74) is 4.36. The molecule has 38 heavy (non-hydrogen) atoms. The minimum absolute atomic E-state index is 0. The van der Waals surface area contributed by atoms with E-state index in [9.17, 15) is 0 Å². The van der Waals surface area contributed by atoms with Crippen molar-refractivity contribution < 1.29 is 17.1 Å². The van der Waals surface area contributed by atoms with Crippen LogP contribution in [0.3, 0.4) is 0 Å². The summed E-state index contributed by atoms with van der Waals surface area (Å²) in [6.45, 7) is 0. The van der Waals surface area contributed by atoms with Crippen molar-refractivity contribution in [3.63, 3.8) is 0 Å². The van der Waals surface area contributed by atoms with Crippen LogP contribution >= 0.6 is 11.7 Å². The first-order valence-corrected chi connectivity index (χ1v) is 12.7. The molecule has 10 radical (unpaired) electrons.